The van der Waals surface area contributed by atoms with E-state index < -0.39 is 0 Å². The van der Waals surface area contributed by atoms with Crippen LogP contribution in [-0.2, 0) is 5.41 Å². The molecule has 0 amide bonds. The van der Waals surface area contributed by atoms with Crippen molar-refractivity contribution in [3.05, 3.63) is 34.4 Å². The lowest BCUT2D eigenvalue weighted by Crippen LogP contribution is -2.14. The van der Waals surface area contributed by atoms with Gasteiger partial charge in [0.15, 0.2) is 0 Å². The Labute approximate surface area is 86.4 Å². The summed E-state index contributed by atoms with van der Waals surface area (Å²) in [5.41, 5.74) is 4.58. The molecule has 0 N–H and O–H groups in total. The molecule has 0 aliphatic heterocycles. The van der Waals surface area contributed by atoms with Crippen molar-refractivity contribution in [1.82, 2.24) is 0 Å². The molecule has 0 saturated carbocycles. The molecule has 0 aliphatic rings. The van der Waals surface area contributed by atoms with Crippen molar-refractivity contribution >= 4 is 0 Å². The van der Waals surface area contributed by atoms with E-state index in [9.17, 15) is 0 Å². The van der Waals surface area contributed by atoms with E-state index in [-0.39, 0.29) is 5.41 Å². The molecule has 74 valence electrons. The minimum absolute atomic E-state index is 0.386. The molecule has 0 heterocycles. The fourth-order valence-corrected chi connectivity index (χ4v) is 1.46. The summed E-state index contributed by atoms with van der Waals surface area (Å²) >= 11 is 0. The van der Waals surface area contributed by atoms with Crippen LogP contribution >= 0.6 is 0 Å². The zero-order chi connectivity index (χ0) is 10.9. The third-order valence-corrected chi connectivity index (χ3v) is 2.93. The molecular weight excluding hydrogens is 170 g/mol. The molecule has 0 aliphatic carbocycles. The first-order chi connectivity index (χ1) is 6.38. The van der Waals surface area contributed by atoms with Gasteiger partial charge in [-0.15, -0.1) is 0 Å². The van der Waals surface area contributed by atoms with Gasteiger partial charge in [0, 0.05) is 0 Å². The summed E-state index contributed by atoms with van der Waals surface area (Å²) in [6.07, 6.45) is 0. The van der Waals surface area contributed by atoms with Crippen molar-refractivity contribution in [3.63, 3.8) is 0 Å². The molecule has 1 rings (SSSR count). The maximum Gasteiger partial charge on any atom is 0.0766 e. The molecule has 1 nitrogen and oxygen atoms in total. The molecular formula is C13H17N. The lowest BCUT2D eigenvalue weighted by molar-refractivity contribution is 0.685. The quantitative estimate of drug-likeness (QED) is 0.661. The first-order valence-electron chi connectivity index (χ1n) is 4.88. The first-order valence-corrected chi connectivity index (χ1v) is 4.88. The van der Waals surface area contributed by atoms with Crippen LogP contribution in [0.4, 0.5) is 0 Å². The molecule has 0 aromatic heterocycles. The van der Waals surface area contributed by atoms with Crippen molar-refractivity contribution < 1.29 is 0 Å². The van der Waals surface area contributed by atoms with Gasteiger partial charge in [-0.1, -0.05) is 12.1 Å². The monoisotopic (exact) mass is 187 g/mol. The van der Waals surface area contributed by atoms with Crippen LogP contribution in [0.5, 0.6) is 0 Å². The Bertz CT molecular complexity index is 371. The average molecular weight is 187 g/mol. The van der Waals surface area contributed by atoms with E-state index in [2.05, 4.69) is 39.0 Å². The van der Waals surface area contributed by atoms with Gasteiger partial charge >= 0.3 is 0 Å². The predicted molar refractivity (Wildman–Crippen MR) is 59.3 cm³/mol. The van der Waals surface area contributed by atoms with Crippen LogP contribution in [0.25, 0.3) is 0 Å². The number of aryl methyl sites for hydroxylation is 2. The minimum atomic E-state index is -0.386. The van der Waals surface area contributed by atoms with Gasteiger partial charge < -0.3 is 0 Å². The van der Waals surface area contributed by atoms with Crippen LogP contribution in [0.15, 0.2) is 12.1 Å². The summed E-state index contributed by atoms with van der Waals surface area (Å²) in [4.78, 5) is 0. The van der Waals surface area contributed by atoms with Crippen molar-refractivity contribution in [1.29, 1.82) is 5.26 Å². The second-order valence-corrected chi connectivity index (χ2v) is 4.47. The van der Waals surface area contributed by atoms with E-state index >= 15 is 0 Å². The summed E-state index contributed by atoms with van der Waals surface area (Å²) in [6, 6.07) is 6.56. The maximum atomic E-state index is 9.05. The van der Waals surface area contributed by atoms with E-state index in [0.29, 0.717) is 0 Å². The van der Waals surface area contributed by atoms with Crippen LogP contribution in [0, 0.1) is 32.1 Å². The molecule has 1 aromatic carbocycles. The smallest absolute Gasteiger partial charge is 0.0766 e. The molecule has 14 heavy (non-hydrogen) atoms. The summed E-state index contributed by atoms with van der Waals surface area (Å²) in [5.74, 6) is 0. The Hall–Kier alpha value is -1.29. The molecule has 0 atom stereocenters. The molecule has 0 radical (unpaired) electrons. The largest absolute Gasteiger partial charge is 0.197 e. The summed E-state index contributed by atoms with van der Waals surface area (Å²) in [7, 11) is 0. The Kier molecular flexibility index (Phi) is 2.66. The van der Waals surface area contributed by atoms with Crippen molar-refractivity contribution in [3.8, 4) is 6.07 Å². The van der Waals surface area contributed by atoms with Gasteiger partial charge in [0.25, 0.3) is 0 Å². The lowest BCUT2D eigenvalue weighted by Gasteiger charge is -2.18. The third kappa shape index (κ3) is 1.80. The highest BCUT2D eigenvalue weighted by Gasteiger charge is 2.20. The number of hydrogen-bond acceptors (Lipinski definition) is 1. The zero-order valence-corrected chi connectivity index (χ0v) is 9.60. The van der Waals surface area contributed by atoms with E-state index in [0.717, 1.165) is 5.56 Å². The Morgan fingerprint density at radius 1 is 1.07 bits per heavy atom. The summed E-state index contributed by atoms with van der Waals surface area (Å²) in [5, 5.41) is 9.05. The molecule has 0 spiro atoms. The highest BCUT2D eigenvalue weighted by atomic mass is 14.3. The number of hydrogen-bond donors (Lipinski definition) is 0. The van der Waals surface area contributed by atoms with Gasteiger partial charge in [0.05, 0.1) is 11.5 Å². The summed E-state index contributed by atoms with van der Waals surface area (Å²) < 4.78 is 0. The van der Waals surface area contributed by atoms with Crippen molar-refractivity contribution in [2.45, 2.75) is 40.0 Å². The molecule has 0 saturated heterocycles. The lowest BCUT2D eigenvalue weighted by atomic mass is 9.83. The molecule has 0 unspecified atom stereocenters. The van der Waals surface area contributed by atoms with Crippen molar-refractivity contribution in [2.75, 3.05) is 0 Å². The Morgan fingerprint density at radius 3 is 1.86 bits per heavy atom. The zero-order valence-electron chi connectivity index (χ0n) is 9.60. The van der Waals surface area contributed by atoms with Crippen LogP contribution in [0.2, 0.25) is 0 Å². The number of nitriles is 1. The van der Waals surface area contributed by atoms with Gasteiger partial charge in [-0.2, -0.15) is 5.26 Å². The van der Waals surface area contributed by atoms with Gasteiger partial charge in [-0.3, -0.25) is 0 Å². The van der Waals surface area contributed by atoms with Gasteiger partial charge in [-0.05, 0) is 56.9 Å². The third-order valence-electron chi connectivity index (χ3n) is 2.93. The Balaban J connectivity index is 3.35. The minimum Gasteiger partial charge on any atom is -0.197 e. The predicted octanol–water partition coefficient (Wildman–Crippen LogP) is 3.41. The number of nitrogens with zero attached hydrogens (tertiary/aromatic N) is 1. The van der Waals surface area contributed by atoms with Crippen LogP contribution in [0.1, 0.15) is 36.1 Å². The fraction of sp³-hybridized carbons (Fsp3) is 0.462. The van der Waals surface area contributed by atoms with E-state index in [1.54, 1.807) is 0 Å². The van der Waals surface area contributed by atoms with Crippen LogP contribution in [-0.4, -0.2) is 0 Å². The van der Waals surface area contributed by atoms with Gasteiger partial charge in [-0.25, -0.2) is 0 Å². The molecule has 0 bridgehead atoms. The fourth-order valence-electron chi connectivity index (χ4n) is 1.46. The second kappa shape index (κ2) is 3.46. The molecule has 1 heteroatoms. The Morgan fingerprint density at radius 2 is 1.50 bits per heavy atom. The topological polar surface area (TPSA) is 23.8 Å². The highest BCUT2D eigenvalue weighted by molar-refractivity contribution is 5.41. The van der Waals surface area contributed by atoms with Gasteiger partial charge in [0.1, 0.15) is 0 Å². The highest BCUT2D eigenvalue weighted by Crippen LogP contribution is 2.26. The maximum absolute atomic E-state index is 9.05. The number of benzene rings is 1. The van der Waals surface area contributed by atoms with E-state index in [1.165, 1.54) is 16.7 Å². The molecule has 1 aromatic rings. The summed E-state index contributed by atoms with van der Waals surface area (Å²) in [6.45, 7) is 10.2. The number of rotatable bonds is 1. The van der Waals surface area contributed by atoms with Gasteiger partial charge in [0.2, 0.25) is 0 Å². The van der Waals surface area contributed by atoms with Crippen LogP contribution < -0.4 is 0 Å². The standard InChI is InChI=1S/C13H17N/c1-9-6-12(13(4,5)8-14)7-10(2)11(9)3/h6-7H,1-5H3. The second-order valence-electron chi connectivity index (χ2n) is 4.47. The van der Waals surface area contributed by atoms with Crippen LogP contribution in [0.3, 0.4) is 0 Å². The average Bonchev–Trinajstić information content (AvgIpc) is 2.13. The van der Waals surface area contributed by atoms with E-state index in [4.69, 9.17) is 5.26 Å². The SMILES string of the molecule is Cc1cc(C(C)(C)C#N)cc(C)c1C. The normalized spacial score (nSPS) is 11.1. The van der Waals surface area contributed by atoms with E-state index in [1.807, 2.05) is 13.8 Å². The first kappa shape index (κ1) is 10.8. The van der Waals surface area contributed by atoms with Crippen molar-refractivity contribution in [2.24, 2.45) is 0 Å². The molecule has 0 fully saturated rings.